The number of ether oxygens (including phenoxy) is 1. The smallest absolute Gasteiger partial charge is 0.335 e. The molecule has 0 fully saturated rings. The highest BCUT2D eigenvalue weighted by Gasteiger charge is 2.37. The summed E-state index contributed by atoms with van der Waals surface area (Å²) in [5, 5.41) is 13.1. The summed E-state index contributed by atoms with van der Waals surface area (Å²) >= 11 is 0. The summed E-state index contributed by atoms with van der Waals surface area (Å²) in [6.45, 7) is 9.70. The van der Waals surface area contributed by atoms with Crippen LogP contribution < -0.4 is 4.74 Å². The first-order valence-electron chi connectivity index (χ1n) is 11.0. The molecular weight excluding hydrogens is 404 g/mol. The Bertz CT molecular complexity index is 1090. The Morgan fingerprint density at radius 2 is 1.75 bits per heavy atom. The number of hydrogen-bond acceptors (Lipinski definition) is 5. The molecule has 1 aliphatic rings. The van der Waals surface area contributed by atoms with E-state index < -0.39 is 5.97 Å². The molecule has 4 rings (SSSR count). The molecule has 3 aromatic rings. The molecule has 0 aliphatic heterocycles. The van der Waals surface area contributed by atoms with Crippen LogP contribution in [0, 0.1) is 0 Å². The fourth-order valence-electron chi connectivity index (χ4n) is 4.53. The first-order valence-corrected chi connectivity index (χ1v) is 11.0. The van der Waals surface area contributed by atoms with Gasteiger partial charge in [-0.15, -0.1) is 0 Å². The molecule has 1 aliphatic carbocycles. The van der Waals surface area contributed by atoms with Gasteiger partial charge in [0.05, 0.1) is 12.2 Å². The van der Waals surface area contributed by atoms with Gasteiger partial charge in [0.25, 0.3) is 0 Å². The topological polar surface area (TPSA) is 85.5 Å². The summed E-state index contributed by atoms with van der Waals surface area (Å²) in [7, 11) is 0. The highest BCUT2D eigenvalue weighted by molar-refractivity contribution is 5.87. The van der Waals surface area contributed by atoms with Crippen molar-refractivity contribution in [3.05, 3.63) is 76.9 Å². The number of benzene rings is 2. The van der Waals surface area contributed by atoms with E-state index >= 15 is 0 Å². The first-order chi connectivity index (χ1) is 15.2. The molecule has 168 valence electrons. The van der Waals surface area contributed by atoms with Gasteiger partial charge in [-0.1, -0.05) is 51.1 Å². The van der Waals surface area contributed by atoms with Gasteiger partial charge in [-0.3, -0.25) is 0 Å². The van der Waals surface area contributed by atoms with Crippen LogP contribution in [0.2, 0.25) is 0 Å². The average Bonchev–Trinajstić information content (AvgIpc) is 3.28. The largest absolute Gasteiger partial charge is 0.493 e. The van der Waals surface area contributed by atoms with Crippen LogP contribution in [0.25, 0.3) is 0 Å². The summed E-state index contributed by atoms with van der Waals surface area (Å²) in [5.41, 5.74) is 4.51. The van der Waals surface area contributed by atoms with E-state index in [1.54, 1.807) is 24.3 Å². The van der Waals surface area contributed by atoms with Gasteiger partial charge < -0.3 is 14.4 Å². The molecule has 1 atom stereocenters. The molecule has 32 heavy (non-hydrogen) atoms. The number of aromatic carboxylic acids is 1. The summed E-state index contributed by atoms with van der Waals surface area (Å²) in [4.78, 5) is 15.3. The van der Waals surface area contributed by atoms with Gasteiger partial charge in [-0.25, -0.2) is 4.79 Å². The molecule has 1 aromatic heterocycles. The van der Waals surface area contributed by atoms with Crippen LogP contribution in [0.3, 0.4) is 0 Å². The summed E-state index contributed by atoms with van der Waals surface area (Å²) in [6.07, 6.45) is 4.26. The molecule has 0 spiro atoms. The lowest BCUT2D eigenvalue weighted by molar-refractivity contribution is 0.0697. The van der Waals surface area contributed by atoms with Gasteiger partial charge in [0.15, 0.2) is 5.82 Å². The van der Waals surface area contributed by atoms with Crippen molar-refractivity contribution >= 4 is 5.97 Å². The Kier molecular flexibility index (Phi) is 5.80. The zero-order valence-electron chi connectivity index (χ0n) is 19.1. The second kappa shape index (κ2) is 8.41. The minimum absolute atomic E-state index is 0.0258. The van der Waals surface area contributed by atoms with E-state index in [1.807, 2.05) is 0 Å². The van der Waals surface area contributed by atoms with Crippen LogP contribution in [0.5, 0.6) is 5.75 Å². The molecule has 1 N–H and O–H groups in total. The second-order valence-corrected chi connectivity index (χ2v) is 9.96. The third-order valence-electron chi connectivity index (χ3n) is 6.74. The Balaban J connectivity index is 1.62. The molecule has 0 amide bonds. The highest BCUT2D eigenvalue weighted by Crippen LogP contribution is 2.46. The number of carboxylic acids is 1. The molecule has 1 unspecified atom stereocenters. The van der Waals surface area contributed by atoms with Crippen molar-refractivity contribution in [2.75, 3.05) is 6.61 Å². The van der Waals surface area contributed by atoms with Crippen molar-refractivity contribution in [2.24, 2.45) is 0 Å². The molecule has 0 saturated carbocycles. The highest BCUT2D eigenvalue weighted by atomic mass is 16.5. The SMILES string of the molecule is CC1(C)CCC(C)(C)c2cc(C(COc3ccc(C(=O)O)cc3)Cc3ncon3)ccc21. The van der Waals surface area contributed by atoms with Crippen molar-refractivity contribution in [1.29, 1.82) is 0 Å². The molecule has 6 heteroatoms. The first kappa shape index (κ1) is 22.1. The number of carboxylic acid groups (broad SMARTS) is 1. The third kappa shape index (κ3) is 4.54. The van der Waals surface area contributed by atoms with Crippen molar-refractivity contribution in [1.82, 2.24) is 10.1 Å². The maximum atomic E-state index is 11.1. The monoisotopic (exact) mass is 434 g/mol. The number of carbonyl (C=O) groups is 1. The molecule has 2 aromatic carbocycles. The molecular formula is C26H30N2O4. The zero-order valence-corrected chi connectivity index (χ0v) is 19.1. The van der Waals surface area contributed by atoms with Gasteiger partial charge in [-0.05, 0) is 64.6 Å². The number of nitrogens with zero attached hydrogens (tertiary/aromatic N) is 2. The number of hydrogen-bond donors (Lipinski definition) is 1. The Morgan fingerprint density at radius 3 is 2.38 bits per heavy atom. The van der Waals surface area contributed by atoms with Crippen LogP contribution in [-0.4, -0.2) is 27.8 Å². The quantitative estimate of drug-likeness (QED) is 0.527. The van der Waals surface area contributed by atoms with Gasteiger partial charge in [-0.2, -0.15) is 4.98 Å². The predicted octanol–water partition coefficient (Wildman–Crippen LogP) is 5.52. The van der Waals surface area contributed by atoms with E-state index in [-0.39, 0.29) is 22.3 Å². The normalized spacial score (nSPS) is 17.4. The van der Waals surface area contributed by atoms with Crippen molar-refractivity contribution in [2.45, 2.75) is 63.7 Å². The lowest BCUT2D eigenvalue weighted by Crippen LogP contribution is -2.34. The number of aromatic nitrogens is 2. The number of rotatable bonds is 7. The third-order valence-corrected chi connectivity index (χ3v) is 6.74. The molecule has 0 saturated heterocycles. The van der Waals surface area contributed by atoms with E-state index in [0.29, 0.717) is 24.6 Å². The van der Waals surface area contributed by atoms with E-state index in [4.69, 9.17) is 14.4 Å². The number of fused-ring (bicyclic) bond motifs is 1. The molecule has 0 radical (unpaired) electrons. The van der Waals surface area contributed by atoms with Crippen LogP contribution >= 0.6 is 0 Å². The standard InChI is InChI=1S/C26H30N2O4/c1-25(2)11-12-26(3,4)22-13-18(7-10-21(22)25)19(14-23-27-16-32-28-23)15-31-20-8-5-17(6-9-20)24(29)30/h5-10,13,16,19H,11-12,14-15H2,1-4H3,(H,29,30). The van der Waals surface area contributed by atoms with E-state index in [1.165, 1.54) is 29.5 Å². The maximum Gasteiger partial charge on any atom is 0.335 e. The van der Waals surface area contributed by atoms with E-state index in [9.17, 15) is 4.79 Å². The van der Waals surface area contributed by atoms with E-state index in [0.717, 1.165) is 6.42 Å². The summed E-state index contributed by atoms with van der Waals surface area (Å²) in [5.74, 6) is 0.341. The lowest BCUT2D eigenvalue weighted by atomic mass is 9.62. The molecule has 0 bridgehead atoms. The van der Waals surface area contributed by atoms with Crippen molar-refractivity contribution in [3.8, 4) is 5.75 Å². The molecule has 6 nitrogen and oxygen atoms in total. The Morgan fingerprint density at radius 1 is 1.06 bits per heavy atom. The van der Waals surface area contributed by atoms with Gasteiger partial charge in [0.2, 0.25) is 6.39 Å². The lowest BCUT2D eigenvalue weighted by Gasteiger charge is -2.42. The zero-order chi connectivity index (χ0) is 22.9. The Hall–Kier alpha value is -3.15. The fourth-order valence-corrected chi connectivity index (χ4v) is 4.53. The van der Waals surface area contributed by atoms with Gasteiger partial charge >= 0.3 is 5.97 Å². The van der Waals surface area contributed by atoms with Gasteiger partial charge in [0, 0.05) is 12.3 Å². The van der Waals surface area contributed by atoms with Crippen LogP contribution in [-0.2, 0) is 17.3 Å². The van der Waals surface area contributed by atoms with Crippen LogP contribution in [0.15, 0.2) is 53.4 Å². The summed E-state index contributed by atoms with van der Waals surface area (Å²) in [6, 6.07) is 13.3. The second-order valence-electron chi connectivity index (χ2n) is 9.96. The summed E-state index contributed by atoms with van der Waals surface area (Å²) < 4.78 is 11.0. The Labute approximate surface area is 188 Å². The minimum Gasteiger partial charge on any atom is -0.493 e. The fraction of sp³-hybridized carbons (Fsp3) is 0.423. The average molecular weight is 435 g/mol. The predicted molar refractivity (Wildman–Crippen MR) is 121 cm³/mol. The van der Waals surface area contributed by atoms with Crippen LogP contribution in [0.4, 0.5) is 0 Å². The van der Waals surface area contributed by atoms with Crippen LogP contribution in [0.1, 0.15) is 79.3 Å². The maximum absolute atomic E-state index is 11.1. The minimum atomic E-state index is -0.953. The van der Waals surface area contributed by atoms with Crippen molar-refractivity contribution in [3.63, 3.8) is 0 Å². The van der Waals surface area contributed by atoms with Gasteiger partial charge in [0.1, 0.15) is 5.75 Å². The van der Waals surface area contributed by atoms with E-state index in [2.05, 4.69) is 56.0 Å². The van der Waals surface area contributed by atoms with Crippen molar-refractivity contribution < 1.29 is 19.2 Å². The molecule has 1 heterocycles.